The standard InChI is InChI=1S/C17H28N2O3/c1-4-13(2)11-18-9-7-17(8-10-18)6-5-15(20)19(12-17)14(3)16(21)22/h4,14H,5-12H2,1-3H3,(H,21,22). The average molecular weight is 308 g/mol. The molecular weight excluding hydrogens is 280 g/mol. The largest absolute Gasteiger partial charge is 0.480 e. The fourth-order valence-corrected chi connectivity index (χ4v) is 3.57. The normalized spacial score (nSPS) is 24.6. The molecule has 124 valence electrons. The summed E-state index contributed by atoms with van der Waals surface area (Å²) in [6.07, 6.45) is 5.66. The minimum Gasteiger partial charge on any atom is -0.480 e. The summed E-state index contributed by atoms with van der Waals surface area (Å²) in [4.78, 5) is 27.3. The SMILES string of the molecule is CC=C(C)CN1CCC2(CCC(=O)N(C(C)C(=O)O)C2)CC1. The summed E-state index contributed by atoms with van der Waals surface area (Å²) in [5.74, 6) is -0.917. The Bertz CT molecular complexity index is 465. The number of carbonyl (C=O) groups excluding carboxylic acids is 1. The first-order valence-corrected chi connectivity index (χ1v) is 8.23. The topological polar surface area (TPSA) is 60.9 Å². The molecule has 5 heteroatoms. The highest BCUT2D eigenvalue weighted by molar-refractivity contribution is 5.84. The van der Waals surface area contributed by atoms with Crippen molar-refractivity contribution in [1.29, 1.82) is 0 Å². The maximum Gasteiger partial charge on any atom is 0.326 e. The molecule has 1 atom stereocenters. The van der Waals surface area contributed by atoms with E-state index >= 15 is 0 Å². The van der Waals surface area contributed by atoms with E-state index in [2.05, 4.69) is 24.8 Å². The lowest BCUT2D eigenvalue weighted by Gasteiger charge is -2.48. The summed E-state index contributed by atoms with van der Waals surface area (Å²) in [5.41, 5.74) is 1.51. The molecule has 0 aliphatic carbocycles. The summed E-state index contributed by atoms with van der Waals surface area (Å²) in [7, 11) is 0. The highest BCUT2D eigenvalue weighted by Crippen LogP contribution is 2.40. The fraction of sp³-hybridized carbons (Fsp3) is 0.765. The van der Waals surface area contributed by atoms with Gasteiger partial charge in [0.25, 0.3) is 0 Å². The zero-order valence-corrected chi connectivity index (χ0v) is 14.0. The second kappa shape index (κ2) is 6.82. The maximum absolute atomic E-state index is 12.1. The van der Waals surface area contributed by atoms with Crippen LogP contribution in [0.5, 0.6) is 0 Å². The van der Waals surface area contributed by atoms with Gasteiger partial charge in [-0.1, -0.05) is 11.6 Å². The van der Waals surface area contributed by atoms with Crippen molar-refractivity contribution in [3.63, 3.8) is 0 Å². The van der Waals surface area contributed by atoms with Gasteiger partial charge in [0.1, 0.15) is 6.04 Å². The zero-order valence-electron chi connectivity index (χ0n) is 14.0. The Balaban J connectivity index is 1.98. The lowest BCUT2D eigenvalue weighted by Crippen LogP contribution is -2.55. The molecular formula is C17H28N2O3. The highest BCUT2D eigenvalue weighted by Gasteiger charge is 2.43. The average Bonchev–Trinajstić information content (AvgIpc) is 2.51. The van der Waals surface area contributed by atoms with Gasteiger partial charge in [-0.3, -0.25) is 9.69 Å². The van der Waals surface area contributed by atoms with Crippen LogP contribution in [-0.2, 0) is 9.59 Å². The molecule has 0 bridgehead atoms. The van der Waals surface area contributed by atoms with Crippen LogP contribution in [0.4, 0.5) is 0 Å². The van der Waals surface area contributed by atoms with Gasteiger partial charge in [0.05, 0.1) is 0 Å². The second-order valence-electron chi connectivity index (χ2n) is 6.95. The highest BCUT2D eigenvalue weighted by atomic mass is 16.4. The number of carbonyl (C=O) groups is 2. The van der Waals surface area contributed by atoms with Crippen molar-refractivity contribution in [2.45, 2.75) is 52.5 Å². The Morgan fingerprint density at radius 3 is 2.55 bits per heavy atom. The lowest BCUT2D eigenvalue weighted by atomic mass is 9.72. The molecule has 0 aromatic rings. The molecule has 1 unspecified atom stereocenters. The van der Waals surface area contributed by atoms with Gasteiger partial charge in [0.2, 0.25) is 5.91 Å². The molecule has 1 N–H and O–H groups in total. The van der Waals surface area contributed by atoms with Crippen LogP contribution in [0.3, 0.4) is 0 Å². The molecule has 0 aromatic heterocycles. The maximum atomic E-state index is 12.1. The van der Waals surface area contributed by atoms with Crippen molar-refractivity contribution in [2.24, 2.45) is 5.41 Å². The van der Waals surface area contributed by atoms with E-state index in [9.17, 15) is 14.7 Å². The van der Waals surface area contributed by atoms with Gasteiger partial charge in [-0.05, 0) is 58.5 Å². The number of piperidine rings is 2. The summed E-state index contributed by atoms with van der Waals surface area (Å²) < 4.78 is 0. The number of hydrogen-bond donors (Lipinski definition) is 1. The van der Waals surface area contributed by atoms with E-state index in [0.717, 1.165) is 38.9 Å². The van der Waals surface area contributed by atoms with Crippen LogP contribution in [0.2, 0.25) is 0 Å². The third-order valence-electron chi connectivity index (χ3n) is 5.40. The van der Waals surface area contributed by atoms with Gasteiger partial charge in [-0.25, -0.2) is 4.79 Å². The molecule has 2 saturated heterocycles. The molecule has 2 fully saturated rings. The van der Waals surface area contributed by atoms with Crippen molar-refractivity contribution in [3.05, 3.63) is 11.6 Å². The number of nitrogens with zero attached hydrogens (tertiary/aromatic N) is 2. The Hall–Kier alpha value is -1.36. The van der Waals surface area contributed by atoms with Crippen LogP contribution in [-0.4, -0.2) is 59.0 Å². The van der Waals surface area contributed by atoms with Crippen LogP contribution in [0.25, 0.3) is 0 Å². The molecule has 22 heavy (non-hydrogen) atoms. The number of hydrogen-bond acceptors (Lipinski definition) is 3. The fourth-order valence-electron chi connectivity index (χ4n) is 3.57. The molecule has 2 aliphatic heterocycles. The van der Waals surface area contributed by atoms with Crippen LogP contribution in [0.1, 0.15) is 46.5 Å². The van der Waals surface area contributed by atoms with Crippen LogP contribution in [0, 0.1) is 5.41 Å². The molecule has 2 aliphatic rings. The van der Waals surface area contributed by atoms with Crippen molar-refractivity contribution >= 4 is 11.9 Å². The summed E-state index contributed by atoms with van der Waals surface area (Å²) in [6.45, 7) is 9.53. The first-order chi connectivity index (χ1) is 10.4. The summed E-state index contributed by atoms with van der Waals surface area (Å²) in [6, 6.07) is -0.715. The van der Waals surface area contributed by atoms with Crippen molar-refractivity contribution in [1.82, 2.24) is 9.80 Å². The zero-order chi connectivity index (χ0) is 16.3. The molecule has 1 amide bonds. The van der Waals surface area contributed by atoms with Crippen molar-refractivity contribution < 1.29 is 14.7 Å². The molecule has 0 saturated carbocycles. The van der Waals surface area contributed by atoms with E-state index in [1.54, 1.807) is 11.8 Å². The van der Waals surface area contributed by atoms with Crippen molar-refractivity contribution in [2.75, 3.05) is 26.2 Å². The van der Waals surface area contributed by atoms with E-state index in [1.807, 2.05) is 0 Å². The third-order valence-corrected chi connectivity index (χ3v) is 5.40. The van der Waals surface area contributed by atoms with Gasteiger partial charge < -0.3 is 10.0 Å². The van der Waals surface area contributed by atoms with E-state index in [1.165, 1.54) is 5.57 Å². The molecule has 5 nitrogen and oxygen atoms in total. The smallest absolute Gasteiger partial charge is 0.326 e. The van der Waals surface area contributed by atoms with E-state index in [4.69, 9.17) is 0 Å². The van der Waals surface area contributed by atoms with Crippen LogP contribution < -0.4 is 0 Å². The van der Waals surface area contributed by atoms with Crippen LogP contribution >= 0.6 is 0 Å². The van der Waals surface area contributed by atoms with Gasteiger partial charge >= 0.3 is 5.97 Å². The van der Waals surface area contributed by atoms with E-state index < -0.39 is 12.0 Å². The van der Waals surface area contributed by atoms with E-state index in [-0.39, 0.29) is 11.3 Å². The summed E-state index contributed by atoms with van der Waals surface area (Å²) >= 11 is 0. The Morgan fingerprint density at radius 1 is 1.36 bits per heavy atom. The minimum absolute atomic E-state index is 0.00675. The van der Waals surface area contributed by atoms with Gasteiger partial charge in [-0.15, -0.1) is 0 Å². The Morgan fingerprint density at radius 2 is 2.00 bits per heavy atom. The van der Waals surface area contributed by atoms with E-state index in [0.29, 0.717) is 13.0 Å². The molecule has 1 spiro atoms. The number of carboxylic acid groups (broad SMARTS) is 1. The predicted molar refractivity (Wildman–Crippen MR) is 85.6 cm³/mol. The minimum atomic E-state index is -0.911. The second-order valence-corrected chi connectivity index (χ2v) is 6.95. The molecule has 2 heterocycles. The lowest BCUT2D eigenvalue weighted by molar-refractivity contribution is -0.154. The van der Waals surface area contributed by atoms with Gasteiger partial charge in [0, 0.05) is 19.5 Å². The first-order valence-electron chi connectivity index (χ1n) is 8.23. The number of amides is 1. The quantitative estimate of drug-likeness (QED) is 0.808. The number of likely N-dealkylation sites (tertiary alicyclic amines) is 2. The van der Waals surface area contributed by atoms with Crippen LogP contribution in [0.15, 0.2) is 11.6 Å². The molecule has 2 rings (SSSR count). The van der Waals surface area contributed by atoms with Gasteiger partial charge in [0.15, 0.2) is 0 Å². The molecule has 0 aromatic carbocycles. The third kappa shape index (κ3) is 3.69. The number of aliphatic carboxylic acids is 1. The Labute approximate surface area is 133 Å². The Kier molecular flexibility index (Phi) is 5.27. The predicted octanol–water partition coefficient (Wildman–Crippen LogP) is 2.13. The number of rotatable bonds is 4. The number of allylic oxidation sites excluding steroid dienone is 1. The number of carboxylic acids is 1. The molecule has 0 radical (unpaired) electrons. The first kappa shape index (κ1) is 17.0. The monoisotopic (exact) mass is 308 g/mol. The van der Waals surface area contributed by atoms with Crippen molar-refractivity contribution in [3.8, 4) is 0 Å². The van der Waals surface area contributed by atoms with Gasteiger partial charge in [-0.2, -0.15) is 0 Å². The summed E-state index contributed by atoms with van der Waals surface area (Å²) in [5, 5.41) is 9.20.